The summed E-state index contributed by atoms with van der Waals surface area (Å²) in [7, 11) is 4.58. The van der Waals surface area contributed by atoms with Crippen LogP contribution in [0.2, 0.25) is 0 Å². The molecule has 0 aliphatic carbocycles. The van der Waals surface area contributed by atoms with Crippen molar-refractivity contribution in [3.05, 3.63) is 53.6 Å². The van der Waals surface area contributed by atoms with Crippen molar-refractivity contribution in [2.75, 3.05) is 41.0 Å². The van der Waals surface area contributed by atoms with E-state index in [0.717, 1.165) is 19.4 Å². The van der Waals surface area contributed by atoms with Crippen molar-refractivity contribution in [3.63, 3.8) is 0 Å². The van der Waals surface area contributed by atoms with Gasteiger partial charge in [0.1, 0.15) is 0 Å². The van der Waals surface area contributed by atoms with Crippen LogP contribution in [0.25, 0.3) is 0 Å². The molecule has 0 saturated heterocycles. The van der Waals surface area contributed by atoms with E-state index in [1.165, 1.54) is 26.9 Å². The molecule has 0 spiro atoms. The molecular formula is C21H28N2O4. The molecule has 2 aromatic carbocycles. The number of nitrogens with one attached hydrogen (secondary N) is 2. The fraction of sp³-hybridized carbons (Fsp3) is 0.381. The molecule has 0 atom stereocenters. The van der Waals surface area contributed by atoms with Crippen molar-refractivity contribution in [3.8, 4) is 17.2 Å². The van der Waals surface area contributed by atoms with Crippen LogP contribution in [0, 0.1) is 0 Å². The number of amides is 1. The summed E-state index contributed by atoms with van der Waals surface area (Å²) >= 11 is 0. The maximum atomic E-state index is 12.4. The van der Waals surface area contributed by atoms with Crippen LogP contribution < -0.4 is 24.8 Å². The molecule has 1 amide bonds. The van der Waals surface area contributed by atoms with Gasteiger partial charge in [0, 0.05) is 18.7 Å². The van der Waals surface area contributed by atoms with E-state index in [4.69, 9.17) is 14.2 Å². The Balaban J connectivity index is 1.74. The molecule has 2 N–H and O–H groups in total. The number of rotatable bonds is 11. The maximum absolute atomic E-state index is 12.4. The van der Waals surface area contributed by atoms with Gasteiger partial charge in [-0.1, -0.05) is 30.3 Å². The van der Waals surface area contributed by atoms with E-state index in [2.05, 4.69) is 34.9 Å². The number of aryl methyl sites for hydroxylation is 1. The van der Waals surface area contributed by atoms with E-state index < -0.39 is 0 Å². The van der Waals surface area contributed by atoms with Gasteiger partial charge in [-0.05, 0) is 37.1 Å². The average Bonchev–Trinajstić information content (AvgIpc) is 2.72. The Bertz CT molecular complexity index is 694. The zero-order chi connectivity index (χ0) is 19.5. The standard InChI is InChI=1S/C21H28N2O4/c1-25-18-14-17(15-19(26-2)20(18)27-3)21(24)23-13-12-22-11-7-10-16-8-5-4-6-9-16/h4-6,8-9,14-15,22H,7,10-13H2,1-3H3,(H,23,24). The van der Waals surface area contributed by atoms with Crippen molar-refractivity contribution in [1.82, 2.24) is 10.6 Å². The predicted octanol–water partition coefficient (Wildman–Crippen LogP) is 2.66. The molecule has 0 unspecified atom stereocenters. The van der Waals surface area contributed by atoms with Crippen molar-refractivity contribution in [2.24, 2.45) is 0 Å². The molecule has 0 aliphatic heterocycles. The lowest BCUT2D eigenvalue weighted by Crippen LogP contribution is -2.32. The Morgan fingerprint density at radius 1 is 0.889 bits per heavy atom. The number of methoxy groups -OCH3 is 3. The number of ether oxygens (including phenoxy) is 3. The average molecular weight is 372 g/mol. The first kappa shape index (κ1) is 20.6. The fourth-order valence-electron chi connectivity index (χ4n) is 2.77. The van der Waals surface area contributed by atoms with Gasteiger partial charge >= 0.3 is 0 Å². The Hall–Kier alpha value is -2.73. The van der Waals surface area contributed by atoms with Gasteiger partial charge in [-0.15, -0.1) is 0 Å². The molecule has 27 heavy (non-hydrogen) atoms. The number of carbonyl (C=O) groups is 1. The Morgan fingerprint density at radius 3 is 2.15 bits per heavy atom. The van der Waals surface area contributed by atoms with Crippen LogP contribution in [0.3, 0.4) is 0 Å². The molecule has 146 valence electrons. The maximum Gasteiger partial charge on any atom is 0.251 e. The number of carbonyl (C=O) groups excluding carboxylic acids is 1. The minimum absolute atomic E-state index is 0.180. The second kappa shape index (κ2) is 11.1. The molecule has 0 saturated carbocycles. The summed E-state index contributed by atoms with van der Waals surface area (Å²) in [6.45, 7) is 2.17. The summed E-state index contributed by atoms with van der Waals surface area (Å²) in [5, 5.41) is 6.24. The van der Waals surface area contributed by atoms with Gasteiger partial charge in [0.25, 0.3) is 5.91 Å². The van der Waals surface area contributed by atoms with Crippen LogP contribution in [0.15, 0.2) is 42.5 Å². The molecule has 2 rings (SSSR count). The highest BCUT2D eigenvalue weighted by atomic mass is 16.5. The number of hydrogen-bond acceptors (Lipinski definition) is 5. The fourth-order valence-corrected chi connectivity index (χ4v) is 2.77. The molecule has 6 heteroatoms. The Kier molecular flexibility index (Phi) is 8.45. The third kappa shape index (κ3) is 6.18. The lowest BCUT2D eigenvalue weighted by molar-refractivity contribution is 0.0953. The third-order valence-electron chi connectivity index (χ3n) is 4.18. The van der Waals surface area contributed by atoms with E-state index in [1.54, 1.807) is 12.1 Å². The summed E-state index contributed by atoms with van der Waals surface area (Å²) < 4.78 is 15.8. The van der Waals surface area contributed by atoms with E-state index in [1.807, 2.05) is 6.07 Å². The van der Waals surface area contributed by atoms with E-state index in [9.17, 15) is 4.79 Å². The first-order chi connectivity index (χ1) is 13.2. The van der Waals surface area contributed by atoms with Crippen LogP contribution in [0.1, 0.15) is 22.3 Å². The molecule has 0 radical (unpaired) electrons. The minimum Gasteiger partial charge on any atom is -0.493 e. The van der Waals surface area contributed by atoms with Crippen molar-refractivity contribution >= 4 is 5.91 Å². The van der Waals surface area contributed by atoms with Gasteiger partial charge in [0.2, 0.25) is 5.75 Å². The molecule has 0 bridgehead atoms. The quantitative estimate of drug-likeness (QED) is 0.594. The summed E-state index contributed by atoms with van der Waals surface area (Å²) in [4.78, 5) is 12.4. The van der Waals surface area contributed by atoms with Gasteiger partial charge in [0.05, 0.1) is 21.3 Å². The van der Waals surface area contributed by atoms with Crippen LogP contribution in [-0.2, 0) is 6.42 Å². The van der Waals surface area contributed by atoms with Crippen molar-refractivity contribution in [1.29, 1.82) is 0 Å². The van der Waals surface area contributed by atoms with E-state index >= 15 is 0 Å². The molecule has 2 aromatic rings. The normalized spacial score (nSPS) is 10.3. The van der Waals surface area contributed by atoms with Crippen LogP contribution in [0.5, 0.6) is 17.2 Å². The lowest BCUT2D eigenvalue weighted by atomic mass is 10.1. The highest BCUT2D eigenvalue weighted by molar-refractivity contribution is 5.95. The van der Waals surface area contributed by atoms with Gasteiger partial charge < -0.3 is 24.8 Å². The summed E-state index contributed by atoms with van der Waals surface area (Å²) in [6.07, 6.45) is 2.11. The summed E-state index contributed by atoms with van der Waals surface area (Å²) in [5.74, 6) is 1.21. The van der Waals surface area contributed by atoms with Gasteiger partial charge in [-0.3, -0.25) is 4.79 Å². The Morgan fingerprint density at radius 2 is 1.56 bits per heavy atom. The highest BCUT2D eigenvalue weighted by Gasteiger charge is 2.16. The summed E-state index contributed by atoms with van der Waals surface area (Å²) in [5.41, 5.74) is 1.81. The second-order valence-electron chi connectivity index (χ2n) is 6.01. The van der Waals surface area contributed by atoms with Crippen LogP contribution in [0.4, 0.5) is 0 Å². The highest BCUT2D eigenvalue weighted by Crippen LogP contribution is 2.38. The largest absolute Gasteiger partial charge is 0.493 e. The first-order valence-electron chi connectivity index (χ1n) is 9.02. The molecule has 0 fully saturated rings. The van der Waals surface area contributed by atoms with Crippen molar-refractivity contribution in [2.45, 2.75) is 12.8 Å². The minimum atomic E-state index is -0.180. The van der Waals surface area contributed by atoms with Gasteiger partial charge in [-0.25, -0.2) is 0 Å². The first-order valence-corrected chi connectivity index (χ1v) is 9.02. The SMILES string of the molecule is COc1cc(C(=O)NCCNCCCc2ccccc2)cc(OC)c1OC. The molecule has 0 aliphatic rings. The van der Waals surface area contributed by atoms with Crippen molar-refractivity contribution < 1.29 is 19.0 Å². The number of benzene rings is 2. The molecule has 6 nitrogen and oxygen atoms in total. The molecule has 0 heterocycles. The van der Waals surface area contributed by atoms with Gasteiger partial charge in [-0.2, -0.15) is 0 Å². The summed E-state index contributed by atoms with van der Waals surface area (Å²) in [6, 6.07) is 13.7. The van der Waals surface area contributed by atoms with E-state index in [0.29, 0.717) is 35.9 Å². The topological polar surface area (TPSA) is 68.8 Å². The van der Waals surface area contributed by atoms with E-state index in [-0.39, 0.29) is 5.91 Å². The monoisotopic (exact) mass is 372 g/mol. The molecular weight excluding hydrogens is 344 g/mol. The zero-order valence-corrected chi connectivity index (χ0v) is 16.2. The lowest BCUT2D eigenvalue weighted by Gasteiger charge is -2.14. The Labute approximate surface area is 160 Å². The predicted molar refractivity (Wildman–Crippen MR) is 106 cm³/mol. The van der Waals surface area contributed by atoms with Crippen LogP contribution >= 0.6 is 0 Å². The zero-order valence-electron chi connectivity index (χ0n) is 16.2. The van der Waals surface area contributed by atoms with Crippen LogP contribution in [-0.4, -0.2) is 46.9 Å². The third-order valence-corrected chi connectivity index (χ3v) is 4.18. The number of hydrogen-bond donors (Lipinski definition) is 2. The van der Waals surface area contributed by atoms with Gasteiger partial charge in [0.15, 0.2) is 11.5 Å². The second-order valence-corrected chi connectivity index (χ2v) is 6.01. The smallest absolute Gasteiger partial charge is 0.251 e. The molecule has 0 aromatic heterocycles.